The number of anilines is 3. The van der Waals surface area contributed by atoms with E-state index in [0.29, 0.717) is 0 Å². The number of nitrogens with zero attached hydrogens (tertiary/aromatic N) is 2. The Kier molecular flexibility index (Phi) is 6.14. The highest BCUT2D eigenvalue weighted by Gasteiger charge is 2.21. The second kappa shape index (κ2) is 10.8. The van der Waals surface area contributed by atoms with Gasteiger partial charge in [-0.3, -0.25) is 4.98 Å². The van der Waals surface area contributed by atoms with Crippen LogP contribution in [-0.2, 0) is 0 Å². The predicted octanol–water partition coefficient (Wildman–Crippen LogP) is 12.1. The summed E-state index contributed by atoms with van der Waals surface area (Å²) in [5.41, 5.74) is 10.2. The van der Waals surface area contributed by atoms with Crippen LogP contribution in [0.4, 0.5) is 17.1 Å². The summed E-state index contributed by atoms with van der Waals surface area (Å²) in [5.74, 6) is 0. The predicted molar refractivity (Wildman–Crippen MR) is 192 cm³/mol. The molecule has 9 aromatic rings. The molecule has 3 heteroatoms. The summed E-state index contributed by atoms with van der Waals surface area (Å²) in [7, 11) is 0. The van der Waals surface area contributed by atoms with Gasteiger partial charge in [-0.2, -0.15) is 0 Å². The van der Waals surface area contributed by atoms with Gasteiger partial charge in [0.1, 0.15) is 11.1 Å². The number of aromatic nitrogens is 1. The first-order valence-electron chi connectivity index (χ1n) is 15.5. The summed E-state index contributed by atoms with van der Waals surface area (Å²) in [6.07, 6.45) is 1.89. The van der Waals surface area contributed by atoms with Crippen molar-refractivity contribution in [3.05, 3.63) is 170 Å². The van der Waals surface area contributed by atoms with Crippen LogP contribution in [0, 0.1) is 0 Å². The molecule has 0 N–H and O–H groups in total. The quantitative estimate of drug-likeness (QED) is 0.200. The van der Waals surface area contributed by atoms with Crippen molar-refractivity contribution in [1.82, 2.24) is 4.98 Å². The van der Waals surface area contributed by atoms with Crippen LogP contribution < -0.4 is 4.90 Å². The number of hydrogen-bond donors (Lipinski definition) is 0. The van der Waals surface area contributed by atoms with Crippen molar-refractivity contribution in [3.8, 4) is 22.3 Å². The molecule has 0 atom stereocenters. The molecule has 3 nitrogen and oxygen atoms in total. The van der Waals surface area contributed by atoms with Gasteiger partial charge < -0.3 is 9.32 Å². The van der Waals surface area contributed by atoms with Gasteiger partial charge in [0, 0.05) is 28.3 Å². The zero-order valence-corrected chi connectivity index (χ0v) is 25.0. The fourth-order valence-electron chi connectivity index (χ4n) is 6.60. The minimum absolute atomic E-state index is 0.762. The lowest BCUT2D eigenvalue weighted by Crippen LogP contribution is -2.10. The van der Waals surface area contributed by atoms with Gasteiger partial charge in [0.2, 0.25) is 0 Å². The van der Waals surface area contributed by atoms with Crippen LogP contribution in [0.2, 0.25) is 0 Å². The van der Waals surface area contributed by atoms with Gasteiger partial charge in [0.25, 0.3) is 0 Å². The molecule has 0 radical (unpaired) electrons. The lowest BCUT2D eigenvalue weighted by Gasteiger charge is -2.26. The smallest absolute Gasteiger partial charge is 0.177 e. The third kappa shape index (κ3) is 4.41. The van der Waals surface area contributed by atoms with Gasteiger partial charge in [-0.1, -0.05) is 121 Å². The number of hydrogen-bond acceptors (Lipinski definition) is 3. The topological polar surface area (TPSA) is 29.3 Å². The average Bonchev–Trinajstić information content (AvgIpc) is 3.53. The van der Waals surface area contributed by atoms with Crippen LogP contribution in [0.5, 0.6) is 0 Å². The molecule has 0 fully saturated rings. The fraction of sp³-hybridized carbons (Fsp3) is 0. The highest BCUT2D eigenvalue weighted by Crippen LogP contribution is 2.43. The molecule has 46 heavy (non-hydrogen) atoms. The summed E-state index contributed by atoms with van der Waals surface area (Å²) in [5, 5.41) is 5.72. The molecule has 0 amide bonds. The van der Waals surface area contributed by atoms with Gasteiger partial charge >= 0.3 is 0 Å². The molecule has 9 rings (SSSR count). The number of pyridine rings is 1. The van der Waals surface area contributed by atoms with E-state index in [9.17, 15) is 0 Å². The van der Waals surface area contributed by atoms with Crippen molar-refractivity contribution < 1.29 is 4.42 Å². The van der Waals surface area contributed by atoms with E-state index < -0.39 is 0 Å². The van der Waals surface area contributed by atoms with Crippen LogP contribution in [-0.4, -0.2) is 4.98 Å². The zero-order valence-electron chi connectivity index (χ0n) is 25.0. The second-order valence-electron chi connectivity index (χ2n) is 11.6. The average molecular weight is 589 g/mol. The van der Waals surface area contributed by atoms with E-state index in [1.54, 1.807) is 0 Å². The Morgan fingerprint density at radius 1 is 0.413 bits per heavy atom. The normalized spacial score (nSPS) is 11.5. The van der Waals surface area contributed by atoms with Crippen molar-refractivity contribution in [3.63, 3.8) is 0 Å². The standard InChI is InChI=1S/C43H28N2O/c1-2-9-29(10-3-1)34-14-8-15-37(28-34)45(36-22-19-31(20-23-36)35-18-17-30-11-4-5-13-33(30)27-35)40-25-26-44-41-39-24-21-32-12-6-7-16-38(32)42(39)46-43(40)41/h1-28H. The molecule has 0 aliphatic heterocycles. The SMILES string of the molecule is c1ccc(-c2cccc(N(c3ccc(-c4ccc5ccccc5c4)cc3)c3ccnc4c3oc3c5ccccc5ccc43)c2)cc1. The lowest BCUT2D eigenvalue weighted by atomic mass is 10.0. The van der Waals surface area contributed by atoms with E-state index in [1.165, 1.54) is 27.5 Å². The molecule has 0 spiro atoms. The van der Waals surface area contributed by atoms with Gasteiger partial charge in [0.05, 0.1) is 5.69 Å². The summed E-state index contributed by atoms with van der Waals surface area (Å²) in [6.45, 7) is 0. The third-order valence-corrected chi connectivity index (χ3v) is 8.88. The Morgan fingerprint density at radius 2 is 1.09 bits per heavy atom. The highest BCUT2D eigenvalue weighted by atomic mass is 16.3. The summed E-state index contributed by atoms with van der Waals surface area (Å²) < 4.78 is 6.77. The van der Waals surface area contributed by atoms with E-state index in [2.05, 4.69) is 169 Å². The summed E-state index contributed by atoms with van der Waals surface area (Å²) in [4.78, 5) is 7.11. The zero-order chi connectivity index (χ0) is 30.5. The molecule has 0 aliphatic carbocycles. The first kappa shape index (κ1) is 26.2. The fourth-order valence-corrected chi connectivity index (χ4v) is 6.60. The van der Waals surface area contributed by atoms with Crippen molar-refractivity contribution in [1.29, 1.82) is 0 Å². The summed E-state index contributed by atoms with van der Waals surface area (Å²) >= 11 is 0. The van der Waals surface area contributed by atoms with Gasteiger partial charge in [-0.25, -0.2) is 0 Å². The lowest BCUT2D eigenvalue weighted by molar-refractivity contribution is 0.672. The van der Waals surface area contributed by atoms with Crippen molar-refractivity contribution in [2.45, 2.75) is 0 Å². The maximum absolute atomic E-state index is 6.77. The second-order valence-corrected chi connectivity index (χ2v) is 11.6. The highest BCUT2D eigenvalue weighted by molar-refractivity contribution is 6.16. The maximum atomic E-state index is 6.77. The molecule has 0 saturated heterocycles. The minimum Gasteiger partial charge on any atom is -0.451 e. The van der Waals surface area contributed by atoms with E-state index >= 15 is 0 Å². The van der Waals surface area contributed by atoms with Crippen LogP contribution >= 0.6 is 0 Å². The molecule has 0 aliphatic rings. The van der Waals surface area contributed by atoms with Crippen molar-refractivity contribution in [2.24, 2.45) is 0 Å². The number of fused-ring (bicyclic) bond motifs is 6. The van der Waals surface area contributed by atoms with Crippen molar-refractivity contribution >= 4 is 60.7 Å². The van der Waals surface area contributed by atoms with Gasteiger partial charge in [0.15, 0.2) is 5.58 Å². The number of furan rings is 1. The maximum Gasteiger partial charge on any atom is 0.177 e. The van der Waals surface area contributed by atoms with Crippen LogP contribution in [0.15, 0.2) is 174 Å². The van der Waals surface area contributed by atoms with Gasteiger partial charge in [-0.15, -0.1) is 0 Å². The van der Waals surface area contributed by atoms with E-state index in [4.69, 9.17) is 9.40 Å². The van der Waals surface area contributed by atoms with Crippen molar-refractivity contribution in [2.75, 3.05) is 4.90 Å². The Hall–Kier alpha value is -6.19. The number of rotatable bonds is 5. The molecule has 2 aromatic heterocycles. The molecule has 7 aromatic carbocycles. The third-order valence-electron chi connectivity index (χ3n) is 8.88. The van der Waals surface area contributed by atoms with Crippen LogP contribution in [0.25, 0.3) is 65.9 Å². The van der Waals surface area contributed by atoms with Crippen LogP contribution in [0.3, 0.4) is 0 Å². The van der Waals surface area contributed by atoms with Crippen LogP contribution in [0.1, 0.15) is 0 Å². The molecule has 0 saturated carbocycles. The molecular formula is C43H28N2O. The van der Waals surface area contributed by atoms with E-state index in [0.717, 1.165) is 55.5 Å². The molecule has 216 valence electrons. The largest absolute Gasteiger partial charge is 0.451 e. The number of benzene rings is 7. The first-order chi connectivity index (χ1) is 22.8. The first-order valence-corrected chi connectivity index (χ1v) is 15.5. The Labute approximate surface area is 266 Å². The Balaban J connectivity index is 1.23. The molecule has 0 bridgehead atoms. The van der Waals surface area contributed by atoms with E-state index in [1.807, 2.05) is 6.20 Å². The van der Waals surface area contributed by atoms with E-state index in [-0.39, 0.29) is 0 Å². The monoisotopic (exact) mass is 588 g/mol. The Morgan fingerprint density at radius 3 is 1.96 bits per heavy atom. The Bertz CT molecular complexity index is 2530. The minimum atomic E-state index is 0.762. The van der Waals surface area contributed by atoms with Gasteiger partial charge in [-0.05, 0) is 80.9 Å². The molecule has 0 unspecified atom stereocenters. The molecule has 2 heterocycles. The molecular weight excluding hydrogens is 560 g/mol. The summed E-state index contributed by atoms with van der Waals surface area (Å²) in [6, 6.07) is 57.8.